The molecule has 17 heavy (non-hydrogen) atoms. The topological polar surface area (TPSA) is 82.2 Å². The van der Waals surface area contributed by atoms with E-state index >= 15 is 0 Å². The van der Waals surface area contributed by atoms with Crippen LogP contribution in [0.2, 0.25) is 0 Å². The number of aliphatic carboxylic acids is 1. The molecule has 1 aromatic carbocycles. The van der Waals surface area contributed by atoms with Gasteiger partial charge in [-0.3, -0.25) is 9.59 Å². The summed E-state index contributed by atoms with van der Waals surface area (Å²) in [5.41, 5.74) is 1.83. The van der Waals surface area contributed by atoms with Crippen LogP contribution >= 0.6 is 0 Å². The van der Waals surface area contributed by atoms with Crippen molar-refractivity contribution in [1.82, 2.24) is 10.3 Å². The fourth-order valence-electron chi connectivity index (χ4n) is 1.69. The minimum absolute atomic E-state index is 0.178. The summed E-state index contributed by atoms with van der Waals surface area (Å²) in [6, 6.07) is 7.65. The molecular weight excluding hydrogens is 220 g/mol. The number of hydrogen-bond acceptors (Lipinski definition) is 2. The number of carboxylic acid groups (broad SMARTS) is 1. The molecular formula is C12H12N2O3. The fraction of sp³-hybridized carbons (Fsp3) is 0.167. The molecule has 3 N–H and O–H groups in total. The van der Waals surface area contributed by atoms with Gasteiger partial charge in [0.05, 0.1) is 6.42 Å². The van der Waals surface area contributed by atoms with Gasteiger partial charge in [-0.2, -0.15) is 0 Å². The number of aromatic nitrogens is 1. The highest BCUT2D eigenvalue weighted by atomic mass is 16.4. The third kappa shape index (κ3) is 2.63. The average molecular weight is 232 g/mol. The van der Waals surface area contributed by atoms with Crippen molar-refractivity contribution in [2.24, 2.45) is 0 Å². The van der Waals surface area contributed by atoms with Gasteiger partial charge in [-0.05, 0) is 11.6 Å². The number of carboxylic acids is 1. The lowest BCUT2D eigenvalue weighted by atomic mass is 10.1. The Balaban J connectivity index is 2.08. The number of aromatic amines is 1. The van der Waals surface area contributed by atoms with Gasteiger partial charge in [-0.1, -0.05) is 18.2 Å². The lowest BCUT2D eigenvalue weighted by Crippen LogP contribution is -2.30. The first kappa shape index (κ1) is 11.2. The molecule has 0 radical (unpaired) electrons. The molecule has 1 aromatic heterocycles. The van der Waals surface area contributed by atoms with Gasteiger partial charge in [-0.25, -0.2) is 0 Å². The summed E-state index contributed by atoms with van der Waals surface area (Å²) in [5, 5.41) is 11.8. The SMILES string of the molecule is O=C(O)CNC(=O)Cc1c[nH]c2ccccc12. The molecule has 88 valence electrons. The van der Waals surface area contributed by atoms with Crippen molar-refractivity contribution in [1.29, 1.82) is 0 Å². The Morgan fingerprint density at radius 3 is 2.82 bits per heavy atom. The number of carbonyl (C=O) groups is 2. The minimum atomic E-state index is -1.04. The van der Waals surface area contributed by atoms with Crippen LogP contribution in [0, 0.1) is 0 Å². The van der Waals surface area contributed by atoms with Crippen LogP contribution in [-0.4, -0.2) is 28.5 Å². The first-order chi connectivity index (χ1) is 8.16. The van der Waals surface area contributed by atoms with E-state index in [1.165, 1.54) is 0 Å². The molecule has 5 heteroatoms. The Kier molecular flexibility index (Phi) is 3.09. The largest absolute Gasteiger partial charge is 0.480 e. The summed E-state index contributed by atoms with van der Waals surface area (Å²) in [7, 11) is 0. The molecule has 1 amide bonds. The van der Waals surface area contributed by atoms with Crippen LogP contribution in [0.3, 0.4) is 0 Å². The van der Waals surface area contributed by atoms with Gasteiger partial charge in [0.1, 0.15) is 6.54 Å². The van der Waals surface area contributed by atoms with Crippen molar-refractivity contribution >= 4 is 22.8 Å². The Labute approximate surface area is 97.4 Å². The highest BCUT2D eigenvalue weighted by molar-refractivity contribution is 5.89. The van der Waals surface area contributed by atoms with Crippen LogP contribution in [0.5, 0.6) is 0 Å². The molecule has 0 saturated carbocycles. The van der Waals surface area contributed by atoms with E-state index in [0.717, 1.165) is 16.5 Å². The van der Waals surface area contributed by atoms with Crippen molar-refractivity contribution in [3.63, 3.8) is 0 Å². The number of carbonyl (C=O) groups excluding carboxylic acids is 1. The zero-order valence-electron chi connectivity index (χ0n) is 9.06. The second-order valence-corrected chi connectivity index (χ2v) is 3.71. The maximum Gasteiger partial charge on any atom is 0.322 e. The van der Waals surface area contributed by atoms with E-state index in [1.54, 1.807) is 6.20 Å². The van der Waals surface area contributed by atoms with E-state index < -0.39 is 5.97 Å². The zero-order valence-corrected chi connectivity index (χ0v) is 9.06. The normalized spacial score (nSPS) is 10.4. The van der Waals surface area contributed by atoms with E-state index in [4.69, 9.17) is 5.11 Å². The number of amides is 1. The lowest BCUT2D eigenvalue weighted by Gasteiger charge is -2.01. The molecule has 0 atom stereocenters. The Morgan fingerprint density at radius 1 is 1.29 bits per heavy atom. The van der Waals surface area contributed by atoms with Crippen molar-refractivity contribution in [3.8, 4) is 0 Å². The van der Waals surface area contributed by atoms with E-state index in [1.807, 2.05) is 24.3 Å². The number of nitrogens with one attached hydrogen (secondary N) is 2. The van der Waals surface area contributed by atoms with E-state index in [2.05, 4.69) is 10.3 Å². The Hall–Kier alpha value is -2.30. The molecule has 2 aromatic rings. The van der Waals surface area contributed by atoms with E-state index in [0.29, 0.717) is 0 Å². The van der Waals surface area contributed by atoms with Crippen LogP contribution in [-0.2, 0) is 16.0 Å². The molecule has 1 heterocycles. The summed E-state index contributed by atoms with van der Waals surface area (Å²) < 4.78 is 0. The maximum atomic E-state index is 11.5. The highest BCUT2D eigenvalue weighted by Gasteiger charge is 2.08. The number of hydrogen-bond donors (Lipinski definition) is 3. The standard InChI is InChI=1S/C12H12N2O3/c15-11(14-7-12(16)17)5-8-6-13-10-4-2-1-3-9(8)10/h1-4,6,13H,5,7H2,(H,14,15)(H,16,17). The molecule has 0 bridgehead atoms. The molecule has 0 saturated heterocycles. The first-order valence-electron chi connectivity index (χ1n) is 5.20. The summed E-state index contributed by atoms with van der Waals surface area (Å²) in [6.45, 7) is -0.346. The second-order valence-electron chi connectivity index (χ2n) is 3.71. The van der Waals surface area contributed by atoms with Gasteiger partial charge in [0.25, 0.3) is 0 Å². The summed E-state index contributed by atoms with van der Waals surface area (Å²) in [5.74, 6) is -1.34. The van der Waals surface area contributed by atoms with Crippen LogP contribution < -0.4 is 5.32 Å². The lowest BCUT2D eigenvalue weighted by molar-refractivity contribution is -0.137. The third-order valence-electron chi connectivity index (χ3n) is 2.46. The monoisotopic (exact) mass is 232 g/mol. The minimum Gasteiger partial charge on any atom is -0.480 e. The highest BCUT2D eigenvalue weighted by Crippen LogP contribution is 2.17. The predicted octanol–water partition coefficient (Wildman–Crippen LogP) is 0.911. The van der Waals surface area contributed by atoms with Crippen molar-refractivity contribution in [2.75, 3.05) is 6.54 Å². The van der Waals surface area contributed by atoms with Crippen LogP contribution in [0.4, 0.5) is 0 Å². The quantitative estimate of drug-likeness (QED) is 0.732. The molecule has 0 aliphatic carbocycles. The second kappa shape index (κ2) is 4.69. The Bertz CT molecular complexity index is 560. The number of para-hydroxylation sites is 1. The van der Waals surface area contributed by atoms with Gasteiger partial charge in [-0.15, -0.1) is 0 Å². The summed E-state index contributed by atoms with van der Waals surface area (Å²) >= 11 is 0. The summed E-state index contributed by atoms with van der Waals surface area (Å²) in [4.78, 5) is 24.8. The van der Waals surface area contributed by atoms with Gasteiger partial charge in [0.15, 0.2) is 0 Å². The van der Waals surface area contributed by atoms with Gasteiger partial charge < -0.3 is 15.4 Å². The molecule has 2 rings (SSSR count). The van der Waals surface area contributed by atoms with Crippen molar-refractivity contribution < 1.29 is 14.7 Å². The maximum absolute atomic E-state index is 11.5. The fourth-order valence-corrected chi connectivity index (χ4v) is 1.69. The summed E-state index contributed by atoms with van der Waals surface area (Å²) in [6.07, 6.45) is 1.95. The molecule has 0 aliphatic heterocycles. The molecule has 5 nitrogen and oxygen atoms in total. The van der Waals surface area contributed by atoms with Gasteiger partial charge >= 0.3 is 5.97 Å². The number of rotatable bonds is 4. The first-order valence-corrected chi connectivity index (χ1v) is 5.20. The van der Waals surface area contributed by atoms with Gasteiger partial charge in [0, 0.05) is 17.1 Å². The third-order valence-corrected chi connectivity index (χ3v) is 2.46. The van der Waals surface area contributed by atoms with Crippen molar-refractivity contribution in [3.05, 3.63) is 36.0 Å². The van der Waals surface area contributed by atoms with Crippen molar-refractivity contribution in [2.45, 2.75) is 6.42 Å². The zero-order chi connectivity index (χ0) is 12.3. The number of fused-ring (bicyclic) bond motifs is 1. The van der Waals surface area contributed by atoms with E-state index in [-0.39, 0.29) is 18.9 Å². The molecule has 0 aliphatic rings. The average Bonchev–Trinajstić information content (AvgIpc) is 2.70. The van der Waals surface area contributed by atoms with Crippen LogP contribution in [0.15, 0.2) is 30.5 Å². The Morgan fingerprint density at radius 2 is 2.06 bits per heavy atom. The molecule has 0 spiro atoms. The van der Waals surface area contributed by atoms with Gasteiger partial charge in [0.2, 0.25) is 5.91 Å². The number of H-pyrrole nitrogens is 1. The smallest absolute Gasteiger partial charge is 0.322 e. The molecule has 0 fully saturated rings. The van der Waals surface area contributed by atoms with Crippen LogP contribution in [0.25, 0.3) is 10.9 Å². The van der Waals surface area contributed by atoms with E-state index in [9.17, 15) is 9.59 Å². The molecule has 0 unspecified atom stereocenters. The predicted molar refractivity (Wildman–Crippen MR) is 62.6 cm³/mol. The number of benzene rings is 1. The van der Waals surface area contributed by atoms with Crippen LogP contribution in [0.1, 0.15) is 5.56 Å².